The molecule has 0 fully saturated rings. The van der Waals surface area contributed by atoms with E-state index >= 15 is 0 Å². The molecule has 0 spiro atoms. The fourth-order valence-corrected chi connectivity index (χ4v) is 0.659. The van der Waals surface area contributed by atoms with Gasteiger partial charge in [0, 0.05) is 19.4 Å². The van der Waals surface area contributed by atoms with Crippen LogP contribution in [-0.2, 0) is 19.1 Å². The van der Waals surface area contributed by atoms with Crippen molar-refractivity contribution in [1.82, 2.24) is 0 Å². The second-order valence-electron chi connectivity index (χ2n) is 2.62. The summed E-state index contributed by atoms with van der Waals surface area (Å²) < 4.78 is 9.15. The molecule has 0 aliphatic carbocycles. The Kier molecular flexibility index (Phi) is 6.39. The van der Waals surface area contributed by atoms with E-state index in [0.29, 0.717) is 0 Å². The third kappa shape index (κ3) is 7.30. The monoisotopic (exact) mass is 202 g/mol. The molecule has 0 radical (unpaired) electrons. The number of aliphatic hydroxyl groups is 1. The fourth-order valence-electron chi connectivity index (χ4n) is 0.659. The molecule has 1 N–H and O–H groups in total. The lowest BCUT2D eigenvalue weighted by Gasteiger charge is -2.09. The van der Waals surface area contributed by atoms with Gasteiger partial charge in [-0.15, -0.1) is 0 Å². The van der Waals surface area contributed by atoms with E-state index < -0.39 is 18.0 Å². The normalized spacial score (nSPS) is 11.6. The van der Waals surface area contributed by atoms with Crippen molar-refractivity contribution in [3.63, 3.8) is 0 Å². The summed E-state index contributed by atoms with van der Waals surface area (Å²) >= 11 is 0. The lowest BCUT2D eigenvalue weighted by atomic mass is 10.3. The van der Waals surface area contributed by atoms with Crippen LogP contribution in [0.25, 0.3) is 0 Å². The highest BCUT2D eigenvalue weighted by Gasteiger charge is 2.07. The van der Waals surface area contributed by atoms with Crippen molar-refractivity contribution in [3.8, 4) is 0 Å². The van der Waals surface area contributed by atoms with E-state index in [9.17, 15) is 14.7 Å². The van der Waals surface area contributed by atoms with Crippen molar-refractivity contribution in [2.24, 2.45) is 0 Å². The third-order valence-corrected chi connectivity index (χ3v) is 1.34. The number of hydrogen-bond acceptors (Lipinski definition) is 5. The Bertz CT molecular complexity index is 211. The summed E-state index contributed by atoms with van der Waals surface area (Å²) in [5, 5.41) is 9.20. The molecule has 0 saturated carbocycles. The van der Waals surface area contributed by atoms with Gasteiger partial charge in [0.05, 0.1) is 12.7 Å². The maximum Gasteiger partial charge on any atom is 0.330 e. The lowest BCUT2D eigenvalue weighted by molar-refractivity contribution is -0.144. The minimum absolute atomic E-state index is 0.113. The molecule has 0 aliphatic rings. The first-order chi connectivity index (χ1) is 6.56. The number of rotatable bonds is 6. The SMILES string of the molecule is C=CC(=O)OCC(O)CCOC(C)=O. The summed E-state index contributed by atoms with van der Waals surface area (Å²) in [6.45, 7) is 4.47. The maximum atomic E-state index is 10.6. The number of esters is 2. The molecule has 0 saturated heterocycles. The van der Waals surface area contributed by atoms with Gasteiger partial charge in [-0.25, -0.2) is 4.79 Å². The molecule has 0 heterocycles. The van der Waals surface area contributed by atoms with E-state index in [0.717, 1.165) is 6.08 Å². The average molecular weight is 202 g/mol. The summed E-state index contributed by atoms with van der Waals surface area (Å²) in [6.07, 6.45) is 0.432. The zero-order valence-corrected chi connectivity index (χ0v) is 8.06. The van der Waals surface area contributed by atoms with Gasteiger partial charge in [0.1, 0.15) is 6.61 Å². The van der Waals surface area contributed by atoms with Gasteiger partial charge in [-0.2, -0.15) is 0 Å². The summed E-state index contributed by atoms with van der Waals surface area (Å²) in [7, 11) is 0. The predicted molar refractivity (Wildman–Crippen MR) is 48.4 cm³/mol. The zero-order valence-electron chi connectivity index (χ0n) is 8.06. The quantitative estimate of drug-likeness (QED) is 0.486. The number of ether oxygens (including phenoxy) is 2. The van der Waals surface area contributed by atoms with Crippen LogP contribution in [0.3, 0.4) is 0 Å². The molecular formula is C9H14O5. The molecule has 1 atom stereocenters. The highest BCUT2D eigenvalue weighted by atomic mass is 16.5. The molecular weight excluding hydrogens is 188 g/mol. The number of hydrogen-bond donors (Lipinski definition) is 1. The molecule has 5 heteroatoms. The van der Waals surface area contributed by atoms with Crippen LogP contribution < -0.4 is 0 Å². The molecule has 0 aromatic rings. The Hall–Kier alpha value is -1.36. The molecule has 0 aromatic carbocycles. The number of carbonyl (C=O) groups excluding carboxylic acids is 2. The number of carbonyl (C=O) groups is 2. The van der Waals surface area contributed by atoms with Crippen LogP contribution in [0, 0.1) is 0 Å². The van der Waals surface area contributed by atoms with E-state index in [1.165, 1.54) is 6.92 Å². The van der Waals surface area contributed by atoms with Gasteiger partial charge in [0.2, 0.25) is 0 Å². The summed E-state index contributed by atoms with van der Waals surface area (Å²) in [4.78, 5) is 20.9. The topological polar surface area (TPSA) is 72.8 Å². The Labute approximate surface area is 82.3 Å². The molecule has 0 rings (SSSR count). The maximum absolute atomic E-state index is 10.6. The van der Waals surface area contributed by atoms with Crippen molar-refractivity contribution >= 4 is 11.9 Å². The van der Waals surface area contributed by atoms with Gasteiger partial charge in [-0.3, -0.25) is 4.79 Å². The van der Waals surface area contributed by atoms with E-state index in [1.54, 1.807) is 0 Å². The van der Waals surface area contributed by atoms with Gasteiger partial charge in [0.15, 0.2) is 0 Å². The van der Waals surface area contributed by atoms with Crippen LogP contribution in [0.15, 0.2) is 12.7 Å². The first-order valence-electron chi connectivity index (χ1n) is 4.17. The highest BCUT2D eigenvalue weighted by Crippen LogP contribution is 1.94. The summed E-state index contributed by atoms with van der Waals surface area (Å²) in [5.74, 6) is -0.989. The molecule has 0 aromatic heterocycles. The van der Waals surface area contributed by atoms with Crippen LogP contribution in [0.2, 0.25) is 0 Å². The summed E-state index contributed by atoms with van der Waals surface area (Å²) in [6, 6.07) is 0. The Morgan fingerprint density at radius 3 is 2.64 bits per heavy atom. The minimum atomic E-state index is -0.821. The van der Waals surface area contributed by atoms with Crippen molar-refractivity contribution in [2.45, 2.75) is 19.4 Å². The van der Waals surface area contributed by atoms with Crippen LogP contribution in [0.4, 0.5) is 0 Å². The van der Waals surface area contributed by atoms with Gasteiger partial charge < -0.3 is 14.6 Å². The first-order valence-corrected chi connectivity index (χ1v) is 4.17. The molecule has 0 aliphatic heterocycles. The van der Waals surface area contributed by atoms with Gasteiger partial charge in [-0.1, -0.05) is 6.58 Å². The smallest absolute Gasteiger partial charge is 0.330 e. The molecule has 0 bridgehead atoms. The van der Waals surface area contributed by atoms with Gasteiger partial charge >= 0.3 is 11.9 Å². The highest BCUT2D eigenvalue weighted by molar-refractivity contribution is 5.81. The van der Waals surface area contributed by atoms with E-state index in [-0.39, 0.29) is 19.6 Å². The van der Waals surface area contributed by atoms with Crippen molar-refractivity contribution in [1.29, 1.82) is 0 Å². The van der Waals surface area contributed by atoms with Crippen molar-refractivity contribution in [3.05, 3.63) is 12.7 Å². The molecule has 14 heavy (non-hydrogen) atoms. The van der Waals surface area contributed by atoms with E-state index in [1.807, 2.05) is 0 Å². The van der Waals surface area contributed by atoms with Crippen LogP contribution in [-0.4, -0.2) is 36.4 Å². The Morgan fingerprint density at radius 2 is 2.14 bits per heavy atom. The second-order valence-corrected chi connectivity index (χ2v) is 2.62. The van der Waals surface area contributed by atoms with Gasteiger partial charge in [0.25, 0.3) is 0 Å². The molecule has 5 nitrogen and oxygen atoms in total. The van der Waals surface area contributed by atoms with Crippen molar-refractivity contribution in [2.75, 3.05) is 13.2 Å². The van der Waals surface area contributed by atoms with Gasteiger partial charge in [-0.05, 0) is 0 Å². The van der Waals surface area contributed by atoms with Crippen LogP contribution in [0.5, 0.6) is 0 Å². The minimum Gasteiger partial charge on any atom is -0.466 e. The van der Waals surface area contributed by atoms with E-state index in [4.69, 9.17) is 0 Å². The zero-order chi connectivity index (χ0) is 11.0. The largest absolute Gasteiger partial charge is 0.466 e. The van der Waals surface area contributed by atoms with Crippen LogP contribution in [0.1, 0.15) is 13.3 Å². The Morgan fingerprint density at radius 1 is 1.50 bits per heavy atom. The summed E-state index contributed by atoms with van der Waals surface area (Å²) in [5.41, 5.74) is 0. The second kappa shape index (κ2) is 7.08. The van der Waals surface area contributed by atoms with Crippen LogP contribution >= 0.6 is 0 Å². The molecule has 1 unspecified atom stereocenters. The number of aliphatic hydroxyl groups excluding tert-OH is 1. The third-order valence-electron chi connectivity index (χ3n) is 1.34. The average Bonchev–Trinajstić information content (AvgIpc) is 2.13. The molecule has 80 valence electrons. The Balaban J connectivity index is 3.45. The van der Waals surface area contributed by atoms with E-state index in [2.05, 4.69) is 16.1 Å². The molecule has 0 amide bonds. The van der Waals surface area contributed by atoms with Crippen molar-refractivity contribution < 1.29 is 24.2 Å². The fraction of sp³-hybridized carbons (Fsp3) is 0.556. The lowest BCUT2D eigenvalue weighted by Crippen LogP contribution is -2.20. The standard InChI is InChI=1S/C9H14O5/c1-3-9(12)14-6-8(11)4-5-13-7(2)10/h3,8,11H,1,4-6H2,2H3. The predicted octanol–water partition coefficient (Wildman–Crippen LogP) is 0.0297. The first kappa shape index (κ1) is 12.6.